The van der Waals surface area contributed by atoms with Gasteiger partial charge in [-0.3, -0.25) is 9.10 Å². The Hall–Kier alpha value is -2.36. The molecule has 0 radical (unpaired) electrons. The highest BCUT2D eigenvalue weighted by molar-refractivity contribution is 7.92. The summed E-state index contributed by atoms with van der Waals surface area (Å²) >= 11 is 12.1. The largest absolute Gasteiger partial charge is 0.495 e. The lowest BCUT2D eigenvalue weighted by Gasteiger charge is -2.34. The molecule has 0 bridgehead atoms. The topological polar surface area (TPSA) is 94.2 Å². The number of benzene rings is 2. The molecule has 2 aromatic carbocycles. The molecule has 3 rings (SSSR count). The molecule has 1 heterocycles. The van der Waals surface area contributed by atoms with Crippen molar-refractivity contribution in [3.05, 3.63) is 40.4 Å². The Morgan fingerprint density at radius 1 is 1.17 bits per heavy atom. The molecule has 1 amide bonds. The number of anilines is 2. The number of amides is 1. The average Bonchev–Trinajstić information content (AvgIpc) is 2.67. The van der Waals surface area contributed by atoms with Crippen LogP contribution < -0.4 is 23.8 Å². The summed E-state index contributed by atoms with van der Waals surface area (Å²) in [5.41, 5.74) is 0.574. The van der Waals surface area contributed by atoms with Crippen molar-refractivity contribution in [2.45, 2.75) is 6.10 Å². The number of carbonyl (C=O) groups is 1. The number of hydrogen-bond donors (Lipinski definition) is 1. The Bertz CT molecular complexity index is 1060. The molecule has 2 aromatic rings. The van der Waals surface area contributed by atoms with Crippen LogP contribution in [-0.4, -0.2) is 47.4 Å². The minimum atomic E-state index is -3.67. The van der Waals surface area contributed by atoms with Crippen LogP contribution in [0.1, 0.15) is 0 Å². The van der Waals surface area contributed by atoms with Crippen molar-refractivity contribution in [1.29, 1.82) is 0 Å². The van der Waals surface area contributed by atoms with E-state index in [1.54, 1.807) is 6.07 Å². The number of nitrogens with one attached hydrogen (secondary N) is 1. The van der Waals surface area contributed by atoms with E-state index in [-0.39, 0.29) is 18.0 Å². The van der Waals surface area contributed by atoms with Gasteiger partial charge in [0.1, 0.15) is 17.2 Å². The summed E-state index contributed by atoms with van der Waals surface area (Å²) in [6.45, 7) is -0.217. The molecule has 0 spiro atoms. The van der Waals surface area contributed by atoms with Gasteiger partial charge in [-0.1, -0.05) is 23.2 Å². The average molecular weight is 461 g/mol. The normalized spacial score (nSPS) is 15.9. The Morgan fingerprint density at radius 3 is 2.48 bits per heavy atom. The van der Waals surface area contributed by atoms with Crippen LogP contribution in [0.3, 0.4) is 0 Å². The third-order valence-electron chi connectivity index (χ3n) is 4.22. The SMILES string of the molecule is COc1cc(NC(=O)[C@H]2CN(S(C)(=O)=O)c3cc(Cl)ccc3O2)c(OC)cc1Cl. The van der Waals surface area contributed by atoms with Crippen LogP contribution in [0.25, 0.3) is 0 Å². The van der Waals surface area contributed by atoms with Gasteiger partial charge in [0.2, 0.25) is 10.0 Å². The smallest absolute Gasteiger partial charge is 0.267 e. The van der Waals surface area contributed by atoms with E-state index in [0.717, 1.165) is 10.6 Å². The van der Waals surface area contributed by atoms with Crippen molar-refractivity contribution in [1.82, 2.24) is 0 Å². The summed E-state index contributed by atoms with van der Waals surface area (Å²) in [6.07, 6.45) is -0.0600. The summed E-state index contributed by atoms with van der Waals surface area (Å²) < 4.78 is 41.7. The minimum Gasteiger partial charge on any atom is -0.495 e. The highest BCUT2D eigenvalue weighted by Gasteiger charge is 2.35. The molecule has 0 aromatic heterocycles. The molecule has 0 saturated heterocycles. The Morgan fingerprint density at radius 2 is 1.86 bits per heavy atom. The van der Waals surface area contributed by atoms with Crippen LogP contribution in [0, 0.1) is 0 Å². The van der Waals surface area contributed by atoms with Gasteiger partial charge in [-0.2, -0.15) is 0 Å². The quantitative estimate of drug-likeness (QED) is 0.735. The first-order chi connectivity index (χ1) is 13.6. The molecule has 1 aliphatic heterocycles. The fourth-order valence-corrected chi connectivity index (χ4v) is 4.15. The van der Waals surface area contributed by atoms with Crippen molar-refractivity contribution in [3.8, 4) is 17.2 Å². The second kappa shape index (κ2) is 8.17. The summed E-state index contributed by atoms with van der Waals surface area (Å²) in [5.74, 6) is 0.311. The molecular formula is C18H18Cl2N2O6S. The van der Waals surface area contributed by atoms with Gasteiger partial charge in [0.15, 0.2) is 6.10 Å². The van der Waals surface area contributed by atoms with Crippen molar-refractivity contribution in [2.24, 2.45) is 0 Å². The number of sulfonamides is 1. The Labute approximate surface area is 178 Å². The second-order valence-corrected chi connectivity index (χ2v) is 8.94. The zero-order valence-electron chi connectivity index (χ0n) is 15.7. The molecule has 0 unspecified atom stereocenters. The predicted molar refractivity (Wildman–Crippen MR) is 111 cm³/mol. The van der Waals surface area contributed by atoms with E-state index in [1.165, 1.54) is 38.5 Å². The summed E-state index contributed by atoms with van der Waals surface area (Å²) in [4.78, 5) is 12.9. The lowest BCUT2D eigenvalue weighted by molar-refractivity contribution is -0.122. The number of halogens is 2. The fourth-order valence-electron chi connectivity index (χ4n) is 2.85. The molecule has 1 N–H and O–H groups in total. The maximum atomic E-state index is 12.9. The standard InChI is InChI=1S/C18H18Cl2N2O6S/c1-26-15-8-12(16(27-2)7-11(15)20)21-18(23)17-9-22(29(3,24)25)13-6-10(19)4-5-14(13)28-17/h4-8,17H,9H2,1-3H3,(H,21,23)/t17-/m1/s1. The van der Waals surface area contributed by atoms with E-state index in [4.69, 9.17) is 37.4 Å². The molecule has 0 saturated carbocycles. The first-order valence-electron chi connectivity index (χ1n) is 8.30. The van der Waals surface area contributed by atoms with Crippen LogP contribution in [0.15, 0.2) is 30.3 Å². The van der Waals surface area contributed by atoms with Crippen LogP contribution in [0.2, 0.25) is 10.0 Å². The van der Waals surface area contributed by atoms with Gasteiger partial charge in [-0.15, -0.1) is 0 Å². The van der Waals surface area contributed by atoms with Gasteiger partial charge in [0.05, 0.1) is 43.4 Å². The van der Waals surface area contributed by atoms with E-state index >= 15 is 0 Å². The molecule has 11 heteroatoms. The summed E-state index contributed by atoms with van der Waals surface area (Å²) in [6, 6.07) is 7.54. The lowest BCUT2D eigenvalue weighted by Crippen LogP contribution is -2.48. The maximum absolute atomic E-state index is 12.9. The van der Waals surface area contributed by atoms with Gasteiger partial charge < -0.3 is 19.5 Å². The van der Waals surface area contributed by atoms with Crippen molar-refractivity contribution >= 4 is 50.5 Å². The Kier molecular flexibility index (Phi) is 6.02. The van der Waals surface area contributed by atoms with Crippen molar-refractivity contribution in [3.63, 3.8) is 0 Å². The summed E-state index contributed by atoms with van der Waals surface area (Å²) in [5, 5.41) is 3.33. The number of rotatable bonds is 5. The second-order valence-electron chi connectivity index (χ2n) is 6.19. The zero-order valence-corrected chi connectivity index (χ0v) is 18.1. The number of hydrogen-bond acceptors (Lipinski definition) is 6. The van der Waals surface area contributed by atoms with Crippen LogP contribution in [-0.2, 0) is 14.8 Å². The van der Waals surface area contributed by atoms with Gasteiger partial charge in [-0.05, 0) is 18.2 Å². The number of fused-ring (bicyclic) bond motifs is 1. The first-order valence-corrected chi connectivity index (χ1v) is 10.9. The van der Waals surface area contributed by atoms with Crippen molar-refractivity contribution < 1.29 is 27.4 Å². The molecular weight excluding hydrogens is 443 g/mol. The van der Waals surface area contributed by atoms with Crippen LogP contribution in [0.4, 0.5) is 11.4 Å². The lowest BCUT2D eigenvalue weighted by atomic mass is 10.2. The van der Waals surface area contributed by atoms with Gasteiger partial charge in [0.25, 0.3) is 5.91 Å². The van der Waals surface area contributed by atoms with E-state index in [1.807, 2.05) is 0 Å². The predicted octanol–water partition coefficient (Wildman–Crippen LogP) is 3.18. The number of nitrogens with zero attached hydrogens (tertiary/aromatic N) is 1. The number of methoxy groups -OCH3 is 2. The van der Waals surface area contributed by atoms with E-state index in [2.05, 4.69) is 5.32 Å². The zero-order chi connectivity index (χ0) is 21.3. The van der Waals surface area contributed by atoms with Gasteiger partial charge in [0, 0.05) is 17.2 Å². The highest BCUT2D eigenvalue weighted by atomic mass is 35.5. The molecule has 1 atom stereocenters. The van der Waals surface area contributed by atoms with Gasteiger partial charge in [-0.25, -0.2) is 8.42 Å². The van der Waals surface area contributed by atoms with Gasteiger partial charge >= 0.3 is 0 Å². The molecule has 8 nitrogen and oxygen atoms in total. The fraction of sp³-hybridized carbons (Fsp3) is 0.278. The first kappa shape index (κ1) is 21.4. The molecule has 29 heavy (non-hydrogen) atoms. The molecule has 156 valence electrons. The van der Waals surface area contributed by atoms with Crippen molar-refractivity contribution in [2.75, 3.05) is 36.6 Å². The minimum absolute atomic E-state index is 0.217. The van der Waals surface area contributed by atoms with Crippen LogP contribution >= 0.6 is 23.2 Å². The monoisotopic (exact) mass is 460 g/mol. The van der Waals surface area contributed by atoms with Crippen LogP contribution in [0.5, 0.6) is 17.2 Å². The highest BCUT2D eigenvalue weighted by Crippen LogP contribution is 2.38. The number of ether oxygens (including phenoxy) is 3. The maximum Gasteiger partial charge on any atom is 0.267 e. The molecule has 0 aliphatic carbocycles. The van der Waals surface area contributed by atoms with E-state index in [9.17, 15) is 13.2 Å². The molecule has 0 fully saturated rings. The van der Waals surface area contributed by atoms with E-state index in [0.29, 0.717) is 27.2 Å². The third kappa shape index (κ3) is 4.47. The van der Waals surface area contributed by atoms with E-state index < -0.39 is 22.0 Å². The molecule has 1 aliphatic rings. The number of carbonyl (C=O) groups excluding carboxylic acids is 1. The summed E-state index contributed by atoms with van der Waals surface area (Å²) in [7, 11) is -0.805. The Balaban J connectivity index is 1.92. The third-order valence-corrected chi connectivity index (χ3v) is 5.89.